The second-order valence-corrected chi connectivity index (χ2v) is 7.57. The van der Waals surface area contributed by atoms with Crippen LogP contribution in [0.25, 0.3) is 0 Å². The van der Waals surface area contributed by atoms with E-state index >= 15 is 0 Å². The molecule has 0 aliphatic carbocycles. The molecule has 0 N–H and O–H groups in total. The van der Waals surface area contributed by atoms with Gasteiger partial charge in [-0.1, -0.05) is 18.2 Å². The lowest BCUT2D eigenvalue weighted by Gasteiger charge is -2.32. The minimum atomic E-state index is 0.237. The van der Waals surface area contributed by atoms with Gasteiger partial charge in [0.05, 0.1) is 13.5 Å². The van der Waals surface area contributed by atoms with E-state index in [9.17, 15) is 4.79 Å². The highest BCUT2D eigenvalue weighted by atomic mass is 32.2. The Hall–Kier alpha value is -1.46. The average molecular weight is 333 g/mol. The first-order valence-corrected chi connectivity index (χ1v) is 9.25. The van der Waals surface area contributed by atoms with Crippen LogP contribution in [0, 0.1) is 0 Å². The monoisotopic (exact) mass is 333 g/mol. The smallest absolute Gasteiger partial charge is 0.227 e. The van der Waals surface area contributed by atoms with Crippen molar-refractivity contribution in [3.05, 3.63) is 52.2 Å². The number of amides is 1. The Balaban J connectivity index is 1.64. The Bertz CT molecular complexity index is 610. The summed E-state index contributed by atoms with van der Waals surface area (Å²) in [6.07, 6.45) is 0.525. The first kappa shape index (κ1) is 15.4. The molecule has 3 rings (SSSR count). The number of thioether (sulfide) groups is 1. The van der Waals surface area contributed by atoms with E-state index in [0.717, 1.165) is 29.5 Å². The number of methoxy groups -OCH3 is 1. The fraction of sp³-hybridized carbons (Fsp3) is 0.353. The lowest BCUT2D eigenvalue weighted by atomic mass is 10.1. The Morgan fingerprint density at radius 3 is 2.82 bits per heavy atom. The molecule has 0 saturated carbocycles. The third-order valence-electron chi connectivity index (χ3n) is 3.81. The fourth-order valence-corrected chi connectivity index (χ4v) is 4.51. The fourth-order valence-electron chi connectivity index (χ4n) is 2.57. The van der Waals surface area contributed by atoms with Crippen molar-refractivity contribution in [1.29, 1.82) is 0 Å². The standard InChI is InChI=1S/C17H19NO2S2/c1-20-14-6-4-13(5-7-14)16-12-18(8-10-22-16)17(19)11-15-3-2-9-21-15/h2-7,9,16H,8,10-12H2,1H3. The molecule has 1 aliphatic rings. The van der Waals surface area contributed by atoms with Gasteiger partial charge in [-0.15, -0.1) is 11.3 Å². The second kappa shape index (κ2) is 7.20. The highest BCUT2D eigenvalue weighted by Crippen LogP contribution is 2.34. The van der Waals surface area contributed by atoms with Crippen LogP contribution >= 0.6 is 23.1 Å². The summed E-state index contributed by atoms with van der Waals surface area (Å²) in [6, 6.07) is 12.2. The maximum atomic E-state index is 12.4. The number of nitrogens with zero attached hydrogens (tertiary/aromatic N) is 1. The molecule has 1 unspecified atom stereocenters. The maximum absolute atomic E-state index is 12.4. The summed E-state index contributed by atoms with van der Waals surface area (Å²) >= 11 is 3.58. The molecule has 2 heterocycles. The molecule has 116 valence electrons. The molecule has 3 nitrogen and oxygen atoms in total. The van der Waals surface area contributed by atoms with Gasteiger partial charge in [0, 0.05) is 29.0 Å². The van der Waals surface area contributed by atoms with Crippen LogP contribution in [0.1, 0.15) is 15.7 Å². The number of carbonyl (C=O) groups is 1. The van der Waals surface area contributed by atoms with Gasteiger partial charge in [0.25, 0.3) is 0 Å². The predicted octanol–water partition coefficient (Wildman–Crippen LogP) is 3.62. The summed E-state index contributed by atoms with van der Waals surface area (Å²) in [5.41, 5.74) is 1.26. The average Bonchev–Trinajstić information content (AvgIpc) is 3.08. The SMILES string of the molecule is COc1ccc(C2CN(C(=O)Cc3cccs3)CCS2)cc1. The van der Waals surface area contributed by atoms with Crippen molar-refractivity contribution in [3.8, 4) is 5.75 Å². The molecule has 2 aromatic rings. The molecule has 0 bridgehead atoms. The summed E-state index contributed by atoms with van der Waals surface area (Å²) in [5, 5.41) is 2.38. The lowest BCUT2D eigenvalue weighted by Crippen LogP contribution is -2.39. The van der Waals surface area contributed by atoms with E-state index in [1.165, 1.54) is 5.56 Å². The van der Waals surface area contributed by atoms with Gasteiger partial charge in [-0.25, -0.2) is 0 Å². The van der Waals surface area contributed by atoms with Gasteiger partial charge in [-0.05, 0) is 29.1 Å². The molecular weight excluding hydrogens is 314 g/mol. The number of carbonyl (C=O) groups excluding carboxylic acids is 1. The Morgan fingerprint density at radius 2 is 2.14 bits per heavy atom. The van der Waals surface area contributed by atoms with Gasteiger partial charge < -0.3 is 9.64 Å². The molecule has 1 aliphatic heterocycles. The summed E-state index contributed by atoms with van der Waals surface area (Å²) in [6.45, 7) is 1.64. The van der Waals surface area contributed by atoms with Crippen LogP contribution in [-0.4, -0.2) is 36.8 Å². The maximum Gasteiger partial charge on any atom is 0.227 e. The van der Waals surface area contributed by atoms with Crippen molar-refractivity contribution in [2.24, 2.45) is 0 Å². The third kappa shape index (κ3) is 3.65. The van der Waals surface area contributed by atoms with Crippen LogP contribution in [0.2, 0.25) is 0 Å². The number of benzene rings is 1. The molecule has 1 aromatic carbocycles. The summed E-state index contributed by atoms with van der Waals surface area (Å²) in [5.74, 6) is 2.10. The number of hydrogen-bond donors (Lipinski definition) is 0. The Labute approximate surface area is 139 Å². The molecule has 1 atom stereocenters. The zero-order valence-electron chi connectivity index (χ0n) is 12.5. The summed E-state index contributed by atoms with van der Waals surface area (Å²) < 4.78 is 5.20. The summed E-state index contributed by atoms with van der Waals surface area (Å²) in [7, 11) is 1.68. The number of ether oxygens (including phenoxy) is 1. The van der Waals surface area contributed by atoms with Crippen LogP contribution in [0.15, 0.2) is 41.8 Å². The molecule has 1 aromatic heterocycles. The zero-order valence-corrected chi connectivity index (χ0v) is 14.2. The van der Waals surface area contributed by atoms with Crippen LogP contribution in [0.3, 0.4) is 0 Å². The van der Waals surface area contributed by atoms with Crippen molar-refractivity contribution in [1.82, 2.24) is 4.90 Å². The largest absolute Gasteiger partial charge is 0.497 e. The van der Waals surface area contributed by atoms with Crippen molar-refractivity contribution in [2.45, 2.75) is 11.7 Å². The quantitative estimate of drug-likeness (QED) is 0.856. The van der Waals surface area contributed by atoms with Crippen molar-refractivity contribution in [3.63, 3.8) is 0 Å². The van der Waals surface area contributed by atoms with Crippen LogP contribution < -0.4 is 4.74 Å². The topological polar surface area (TPSA) is 29.5 Å². The van der Waals surface area contributed by atoms with E-state index in [1.54, 1.807) is 18.4 Å². The van der Waals surface area contributed by atoms with Crippen LogP contribution in [-0.2, 0) is 11.2 Å². The molecule has 1 amide bonds. The molecule has 0 spiro atoms. The van der Waals surface area contributed by atoms with E-state index < -0.39 is 0 Å². The first-order chi connectivity index (χ1) is 10.8. The van der Waals surface area contributed by atoms with Gasteiger partial charge >= 0.3 is 0 Å². The first-order valence-electron chi connectivity index (χ1n) is 7.32. The predicted molar refractivity (Wildman–Crippen MR) is 92.8 cm³/mol. The van der Waals surface area contributed by atoms with Gasteiger partial charge in [0.15, 0.2) is 0 Å². The number of rotatable bonds is 4. The normalized spacial score (nSPS) is 18.2. The van der Waals surface area contributed by atoms with E-state index in [4.69, 9.17) is 4.74 Å². The molecule has 1 saturated heterocycles. The van der Waals surface area contributed by atoms with Crippen molar-refractivity contribution in [2.75, 3.05) is 26.0 Å². The molecule has 5 heteroatoms. The van der Waals surface area contributed by atoms with Gasteiger partial charge in [0.1, 0.15) is 5.75 Å². The second-order valence-electron chi connectivity index (χ2n) is 5.23. The number of thiophene rings is 1. The molecular formula is C17H19NO2S2. The summed E-state index contributed by atoms with van der Waals surface area (Å²) in [4.78, 5) is 15.6. The molecule has 1 fully saturated rings. The minimum Gasteiger partial charge on any atom is -0.497 e. The van der Waals surface area contributed by atoms with E-state index in [1.807, 2.05) is 46.3 Å². The van der Waals surface area contributed by atoms with Crippen molar-refractivity contribution < 1.29 is 9.53 Å². The van der Waals surface area contributed by atoms with E-state index in [2.05, 4.69) is 12.1 Å². The molecule has 0 radical (unpaired) electrons. The van der Waals surface area contributed by atoms with E-state index in [-0.39, 0.29) is 5.91 Å². The minimum absolute atomic E-state index is 0.237. The Kier molecular flexibility index (Phi) is 5.05. The van der Waals surface area contributed by atoms with Crippen molar-refractivity contribution >= 4 is 29.0 Å². The third-order valence-corrected chi connectivity index (χ3v) is 5.93. The number of hydrogen-bond acceptors (Lipinski definition) is 4. The van der Waals surface area contributed by atoms with Gasteiger partial charge in [0.2, 0.25) is 5.91 Å². The van der Waals surface area contributed by atoms with E-state index in [0.29, 0.717) is 11.7 Å². The zero-order chi connectivity index (χ0) is 15.4. The van der Waals surface area contributed by atoms with Crippen LogP contribution in [0.4, 0.5) is 0 Å². The van der Waals surface area contributed by atoms with Gasteiger partial charge in [-0.2, -0.15) is 11.8 Å². The Morgan fingerprint density at radius 1 is 1.32 bits per heavy atom. The highest BCUT2D eigenvalue weighted by Gasteiger charge is 2.25. The highest BCUT2D eigenvalue weighted by molar-refractivity contribution is 7.99. The van der Waals surface area contributed by atoms with Crippen LogP contribution in [0.5, 0.6) is 5.75 Å². The van der Waals surface area contributed by atoms with Gasteiger partial charge in [-0.3, -0.25) is 4.79 Å². The molecule has 22 heavy (non-hydrogen) atoms. The lowest BCUT2D eigenvalue weighted by molar-refractivity contribution is -0.130.